The minimum atomic E-state index is -0.788. The average molecular weight is 992 g/mol. The SMILES string of the molecule is CCCCC/C=C\C/C=C\CCCCCCCC(=O)OC(COC(=O)CCCCCCC/C=C\CCCCCC)COC(=O)CCCCCCCCCCCC/C=C\C/C=C\C/C=C\CCCCCCC. The summed E-state index contributed by atoms with van der Waals surface area (Å²) >= 11 is 0. The molecule has 0 amide bonds. The molecule has 6 heteroatoms. The van der Waals surface area contributed by atoms with Crippen LogP contribution in [0.4, 0.5) is 0 Å². The van der Waals surface area contributed by atoms with Crippen molar-refractivity contribution in [2.75, 3.05) is 13.2 Å². The van der Waals surface area contributed by atoms with Crippen LogP contribution in [-0.2, 0) is 28.6 Å². The molecular weight excluding hydrogens is 877 g/mol. The summed E-state index contributed by atoms with van der Waals surface area (Å²) in [6.07, 6.45) is 76.1. The summed E-state index contributed by atoms with van der Waals surface area (Å²) < 4.78 is 16.9. The van der Waals surface area contributed by atoms with E-state index in [-0.39, 0.29) is 31.1 Å². The summed E-state index contributed by atoms with van der Waals surface area (Å²) in [5.74, 6) is -0.902. The number of carbonyl (C=O) groups excluding carboxylic acids is 3. The lowest BCUT2D eigenvalue weighted by atomic mass is 10.1. The average Bonchev–Trinajstić information content (AvgIpc) is 3.37. The fourth-order valence-electron chi connectivity index (χ4n) is 8.53. The summed E-state index contributed by atoms with van der Waals surface area (Å²) in [6.45, 7) is 6.59. The Hall–Kier alpha value is -3.15. The number of unbranched alkanes of at least 4 members (excludes halogenated alkanes) is 32. The molecule has 0 aliphatic rings. The van der Waals surface area contributed by atoms with E-state index < -0.39 is 6.10 Å². The first-order valence-corrected chi connectivity index (χ1v) is 30.4. The topological polar surface area (TPSA) is 78.9 Å². The smallest absolute Gasteiger partial charge is 0.306 e. The molecule has 1 atom stereocenters. The molecule has 0 N–H and O–H groups in total. The summed E-state index contributed by atoms with van der Waals surface area (Å²) in [5, 5.41) is 0. The van der Waals surface area contributed by atoms with Gasteiger partial charge >= 0.3 is 17.9 Å². The maximum absolute atomic E-state index is 12.9. The van der Waals surface area contributed by atoms with Crippen LogP contribution in [0.3, 0.4) is 0 Å². The maximum Gasteiger partial charge on any atom is 0.306 e. The molecule has 1 unspecified atom stereocenters. The molecule has 0 fully saturated rings. The molecule has 0 bridgehead atoms. The highest BCUT2D eigenvalue weighted by molar-refractivity contribution is 5.71. The van der Waals surface area contributed by atoms with Crippen molar-refractivity contribution in [3.05, 3.63) is 72.9 Å². The molecule has 0 aromatic heterocycles. The van der Waals surface area contributed by atoms with Crippen molar-refractivity contribution < 1.29 is 28.6 Å². The van der Waals surface area contributed by atoms with E-state index in [2.05, 4.69) is 93.7 Å². The molecule has 0 saturated heterocycles. The molecule has 0 aromatic rings. The number of carbonyl (C=O) groups is 3. The second-order valence-electron chi connectivity index (χ2n) is 20.2. The zero-order valence-corrected chi connectivity index (χ0v) is 47.0. The van der Waals surface area contributed by atoms with Crippen molar-refractivity contribution in [2.45, 2.75) is 309 Å². The molecule has 0 rings (SSSR count). The van der Waals surface area contributed by atoms with Gasteiger partial charge in [-0.25, -0.2) is 0 Å². The van der Waals surface area contributed by atoms with E-state index in [0.29, 0.717) is 19.3 Å². The Morgan fingerprint density at radius 1 is 0.282 bits per heavy atom. The van der Waals surface area contributed by atoms with Gasteiger partial charge in [0.05, 0.1) is 0 Å². The van der Waals surface area contributed by atoms with E-state index in [1.54, 1.807) is 0 Å². The molecule has 410 valence electrons. The first kappa shape index (κ1) is 67.8. The lowest BCUT2D eigenvalue weighted by Crippen LogP contribution is -2.30. The molecule has 0 aromatic carbocycles. The Morgan fingerprint density at radius 2 is 0.507 bits per heavy atom. The third-order valence-electron chi connectivity index (χ3n) is 13.2. The van der Waals surface area contributed by atoms with Gasteiger partial charge in [-0.3, -0.25) is 14.4 Å². The summed E-state index contributed by atoms with van der Waals surface area (Å²) in [5.41, 5.74) is 0. The van der Waals surface area contributed by atoms with Crippen LogP contribution in [0.15, 0.2) is 72.9 Å². The van der Waals surface area contributed by atoms with Crippen LogP contribution in [0.25, 0.3) is 0 Å². The van der Waals surface area contributed by atoms with Gasteiger partial charge in [0, 0.05) is 19.3 Å². The second-order valence-corrected chi connectivity index (χ2v) is 20.2. The quantitative estimate of drug-likeness (QED) is 0.0261. The molecule has 0 aliphatic heterocycles. The Kier molecular flexibility index (Phi) is 56.8. The molecule has 0 spiro atoms. The van der Waals surface area contributed by atoms with Gasteiger partial charge in [-0.2, -0.15) is 0 Å². The predicted octanol–water partition coefficient (Wildman–Crippen LogP) is 20.5. The first-order valence-electron chi connectivity index (χ1n) is 30.4. The van der Waals surface area contributed by atoms with Gasteiger partial charge in [-0.15, -0.1) is 0 Å². The van der Waals surface area contributed by atoms with Gasteiger partial charge in [0.25, 0.3) is 0 Å². The predicted molar refractivity (Wildman–Crippen MR) is 307 cm³/mol. The van der Waals surface area contributed by atoms with Crippen LogP contribution < -0.4 is 0 Å². The summed E-state index contributed by atoms with van der Waals surface area (Å²) in [7, 11) is 0. The molecule has 0 radical (unpaired) electrons. The minimum Gasteiger partial charge on any atom is -0.462 e. The number of esters is 3. The molecule has 0 saturated carbocycles. The molecule has 0 heterocycles. The van der Waals surface area contributed by atoms with Crippen LogP contribution in [0.2, 0.25) is 0 Å². The van der Waals surface area contributed by atoms with Crippen LogP contribution in [-0.4, -0.2) is 37.2 Å². The van der Waals surface area contributed by atoms with E-state index in [0.717, 1.165) is 103 Å². The van der Waals surface area contributed by atoms with Crippen molar-refractivity contribution in [1.29, 1.82) is 0 Å². The highest BCUT2D eigenvalue weighted by Crippen LogP contribution is 2.15. The van der Waals surface area contributed by atoms with Crippen molar-refractivity contribution in [2.24, 2.45) is 0 Å². The fraction of sp³-hybridized carbons (Fsp3) is 0.769. The van der Waals surface area contributed by atoms with Crippen LogP contribution in [0.1, 0.15) is 303 Å². The van der Waals surface area contributed by atoms with Gasteiger partial charge in [-0.1, -0.05) is 241 Å². The standard InChI is InChI=1S/C65H114O6/c1-4-7-10-13-16-19-22-25-27-28-29-30-31-32-33-34-35-36-38-40-43-46-49-52-55-58-64(67)70-61-62(60-69-63(66)57-54-51-48-45-42-39-24-21-18-15-12-9-6-3)71-65(68)59-56-53-50-47-44-41-37-26-23-20-17-14-11-8-5-2/h17,20-22,24-26,28-29,31-32,37,62H,4-16,18-19,23,27,30,33-36,38-61H2,1-3H3/b20-17-,24-21-,25-22-,29-28-,32-31-,37-26-. The van der Waals surface area contributed by atoms with Gasteiger partial charge in [0.15, 0.2) is 6.10 Å². The van der Waals surface area contributed by atoms with Crippen molar-refractivity contribution in [3.8, 4) is 0 Å². The Bertz CT molecular complexity index is 1320. The van der Waals surface area contributed by atoms with E-state index >= 15 is 0 Å². The molecule has 6 nitrogen and oxygen atoms in total. The van der Waals surface area contributed by atoms with Crippen LogP contribution >= 0.6 is 0 Å². The number of hydrogen-bond donors (Lipinski definition) is 0. The van der Waals surface area contributed by atoms with E-state index in [9.17, 15) is 14.4 Å². The number of rotatable bonds is 55. The lowest BCUT2D eigenvalue weighted by Gasteiger charge is -2.18. The maximum atomic E-state index is 12.9. The Morgan fingerprint density at radius 3 is 0.845 bits per heavy atom. The third kappa shape index (κ3) is 57.6. The molecular formula is C65H114O6. The number of ether oxygens (including phenoxy) is 3. The lowest BCUT2D eigenvalue weighted by molar-refractivity contribution is -0.167. The van der Waals surface area contributed by atoms with Crippen molar-refractivity contribution in [3.63, 3.8) is 0 Å². The summed E-state index contributed by atoms with van der Waals surface area (Å²) in [6, 6.07) is 0. The van der Waals surface area contributed by atoms with Gasteiger partial charge < -0.3 is 14.2 Å². The van der Waals surface area contributed by atoms with Gasteiger partial charge in [0.2, 0.25) is 0 Å². The monoisotopic (exact) mass is 991 g/mol. The van der Waals surface area contributed by atoms with E-state index in [1.807, 2.05) is 0 Å². The van der Waals surface area contributed by atoms with Crippen molar-refractivity contribution >= 4 is 17.9 Å². The van der Waals surface area contributed by atoms with E-state index in [1.165, 1.54) is 161 Å². The van der Waals surface area contributed by atoms with Crippen LogP contribution in [0, 0.1) is 0 Å². The zero-order chi connectivity index (χ0) is 51.4. The van der Waals surface area contributed by atoms with Gasteiger partial charge in [0.1, 0.15) is 13.2 Å². The highest BCUT2D eigenvalue weighted by atomic mass is 16.6. The van der Waals surface area contributed by atoms with Gasteiger partial charge in [-0.05, 0) is 116 Å². The highest BCUT2D eigenvalue weighted by Gasteiger charge is 2.19. The molecule has 71 heavy (non-hydrogen) atoms. The zero-order valence-electron chi connectivity index (χ0n) is 47.0. The largest absolute Gasteiger partial charge is 0.462 e. The van der Waals surface area contributed by atoms with E-state index in [4.69, 9.17) is 14.2 Å². The third-order valence-corrected chi connectivity index (χ3v) is 13.2. The summed E-state index contributed by atoms with van der Waals surface area (Å²) in [4.78, 5) is 38.2. The first-order chi connectivity index (χ1) is 35.0. The Balaban J connectivity index is 4.31. The van der Waals surface area contributed by atoms with Crippen molar-refractivity contribution in [1.82, 2.24) is 0 Å². The molecule has 0 aliphatic carbocycles. The van der Waals surface area contributed by atoms with Crippen LogP contribution in [0.5, 0.6) is 0 Å². The second kappa shape index (κ2) is 59.4. The number of hydrogen-bond acceptors (Lipinski definition) is 6. The fourth-order valence-corrected chi connectivity index (χ4v) is 8.53. The minimum absolute atomic E-state index is 0.0850. The number of allylic oxidation sites excluding steroid dienone is 12. The normalized spacial score (nSPS) is 12.5. The Labute approximate surface area is 440 Å².